The predicted molar refractivity (Wildman–Crippen MR) is 114 cm³/mol. The summed E-state index contributed by atoms with van der Waals surface area (Å²) in [6.07, 6.45) is 0. The molecule has 0 bridgehead atoms. The van der Waals surface area contributed by atoms with Crippen molar-refractivity contribution in [2.45, 2.75) is 33.9 Å². The third kappa shape index (κ3) is 6.78. The van der Waals surface area contributed by atoms with Gasteiger partial charge in [-0.2, -0.15) is 0 Å². The first kappa shape index (κ1) is 21.6. The van der Waals surface area contributed by atoms with Crippen molar-refractivity contribution in [3.63, 3.8) is 0 Å². The highest BCUT2D eigenvalue weighted by Gasteiger charge is 2.07. The fourth-order valence-corrected chi connectivity index (χ4v) is 2.60. The molecule has 6 nitrogen and oxygen atoms in total. The van der Waals surface area contributed by atoms with Gasteiger partial charge in [0.1, 0.15) is 0 Å². The van der Waals surface area contributed by atoms with E-state index in [0.29, 0.717) is 31.5 Å². The van der Waals surface area contributed by atoms with Gasteiger partial charge < -0.3 is 24.8 Å². The largest absolute Gasteiger partial charge is 0.493 e. The van der Waals surface area contributed by atoms with Crippen molar-refractivity contribution in [2.24, 2.45) is 4.99 Å². The van der Waals surface area contributed by atoms with Crippen LogP contribution in [0.5, 0.6) is 11.5 Å². The highest BCUT2D eigenvalue weighted by atomic mass is 16.5. The van der Waals surface area contributed by atoms with E-state index < -0.39 is 0 Å². The minimum absolute atomic E-state index is 0.582. The summed E-state index contributed by atoms with van der Waals surface area (Å²) >= 11 is 0. The van der Waals surface area contributed by atoms with Crippen molar-refractivity contribution in [1.29, 1.82) is 0 Å². The lowest BCUT2D eigenvalue weighted by molar-refractivity contribution is 0.134. The predicted octanol–water partition coefficient (Wildman–Crippen LogP) is 4.21. The van der Waals surface area contributed by atoms with Crippen LogP contribution in [0.4, 0.5) is 5.69 Å². The molecule has 0 aromatic heterocycles. The number of nitrogens with zero attached hydrogens (tertiary/aromatic N) is 1. The zero-order chi connectivity index (χ0) is 20.2. The van der Waals surface area contributed by atoms with Gasteiger partial charge in [-0.05, 0) is 44.0 Å². The molecule has 6 heteroatoms. The third-order valence-corrected chi connectivity index (χ3v) is 3.99. The highest BCUT2D eigenvalue weighted by molar-refractivity contribution is 5.93. The lowest BCUT2D eigenvalue weighted by Gasteiger charge is -2.14. The molecule has 0 saturated heterocycles. The molecule has 28 heavy (non-hydrogen) atoms. The van der Waals surface area contributed by atoms with Gasteiger partial charge in [0.05, 0.1) is 26.9 Å². The Balaban J connectivity index is 2.05. The standard InChI is InChI=1S/C22H31N3O3/c1-5-23-22(24-15-17-8-10-18(11-9-17)16-27-6-2)25-19-12-13-20(28-7-3)21(14-19)26-4/h8-14H,5-7,15-16H2,1-4H3,(H2,23,24,25). The average Bonchev–Trinajstić information content (AvgIpc) is 2.72. The van der Waals surface area contributed by atoms with Gasteiger partial charge in [0.2, 0.25) is 0 Å². The monoisotopic (exact) mass is 385 g/mol. The molecule has 0 aliphatic rings. The normalized spacial score (nSPS) is 11.2. The van der Waals surface area contributed by atoms with Crippen LogP contribution in [-0.4, -0.2) is 32.8 Å². The molecule has 2 aromatic carbocycles. The van der Waals surface area contributed by atoms with Crippen LogP contribution >= 0.6 is 0 Å². The molecule has 0 saturated carbocycles. The summed E-state index contributed by atoms with van der Waals surface area (Å²) in [5.74, 6) is 2.13. The van der Waals surface area contributed by atoms with Crippen molar-refractivity contribution in [2.75, 3.05) is 32.2 Å². The third-order valence-electron chi connectivity index (χ3n) is 3.99. The number of hydrogen-bond acceptors (Lipinski definition) is 4. The van der Waals surface area contributed by atoms with E-state index >= 15 is 0 Å². The summed E-state index contributed by atoms with van der Waals surface area (Å²) in [7, 11) is 1.64. The summed E-state index contributed by atoms with van der Waals surface area (Å²) in [5, 5.41) is 6.58. The van der Waals surface area contributed by atoms with Crippen molar-refractivity contribution in [3.8, 4) is 11.5 Å². The Morgan fingerprint density at radius 2 is 1.68 bits per heavy atom. The second-order valence-corrected chi connectivity index (χ2v) is 6.07. The van der Waals surface area contributed by atoms with E-state index in [1.807, 2.05) is 39.0 Å². The molecule has 0 fully saturated rings. The highest BCUT2D eigenvalue weighted by Crippen LogP contribution is 2.30. The number of nitrogens with one attached hydrogen (secondary N) is 2. The van der Waals surface area contributed by atoms with E-state index in [-0.39, 0.29) is 0 Å². The Morgan fingerprint density at radius 1 is 0.929 bits per heavy atom. The molecule has 2 aromatic rings. The van der Waals surface area contributed by atoms with Gasteiger partial charge in [-0.25, -0.2) is 4.99 Å². The maximum atomic E-state index is 5.57. The average molecular weight is 386 g/mol. The van der Waals surface area contributed by atoms with Crippen LogP contribution in [0.3, 0.4) is 0 Å². The smallest absolute Gasteiger partial charge is 0.196 e. The number of methoxy groups -OCH3 is 1. The lowest BCUT2D eigenvalue weighted by atomic mass is 10.1. The first-order valence-electron chi connectivity index (χ1n) is 9.71. The fourth-order valence-electron chi connectivity index (χ4n) is 2.60. The Kier molecular flexibility index (Phi) is 9.15. The first-order chi connectivity index (χ1) is 13.7. The summed E-state index contributed by atoms with van der Waals surface area (Å²) in [6, 6.07) is 14.1. The molecule has 0 aliphatic carbocycles. The number of aliphatic imine (C=N–C) groups is 1. The number of benzene rings is 2. The van der Waals surface area contributed by atoms with E-state index in [9.17, 15) is 0 Å². The van der Waals surface area contributed by atoms with Crippen LogP contribution in [0.2, 0.25) is 0 Å². The molecular weight excluding hydrogens is 354 g/mol. The number of ether oxygens (including phenoxy) is 3. The van der Waals surface area contributed by atoms with Crippen molar-refractivity contribution in [3.05, 3.63) is 53.6 Å². The Labute approximate surface area is 167 Å². The van der Waals surface area contributed by atoms with Gasteiger partial charge in [-0.15, -0.1) is 0 Å². The van der Waals surface area contributed by atoms with Crippen LogP contribution in [0.1, 0.15) is 31.9 Å². The molecule has 2 rings (SSSR count). The molecule has 152 valence electrons. The van der Waals surface area contributed by atoms with Crippen LogP contribution in [0, 0.1) is 0 Å². The number of anilines is 1. The van der Waals surface area contributed by atoms with E-state index in [0.717, 1.165) is 30.2 Å². The van der Waals surface area contributed by atoms with E-state index in [2.05, 4.69) is 39.9 Å². The number of guanidine groups is 1. The fraction of sp³-hybridized carbons (Fsp3) is 0.409. The molecule has 2 N–H and O–H groups in total. The van der Waals surface area contributed by atoms with Crippen molar-refractivity contribution < 1.29 is 14.2 Å². The maximum absolute atomic E-state index is 5.57. The zero-order valence-corrected chi connectivity index (χ0v) is 17.2. The quantitative estimate of drug-likeness (QED) is 0.474. The molecular formula is C22H31N3O3. The number of hydrogen-bond donors (Lipinski definition) is 2. The molecule has 0 atom stereocenters. The van der Waals surface area contributed by atoms with Crippen LogP contribution < -0.4 is 20.1 Å². The molecule has 0 spiro atoms. The van der Waals surface area contributed by atoms with Gasteiger partial charge in [-0.3, -0.25) is 0 Å². The maximum Gasteiger partial charge on any atom is 0.196 e. The molecule has 0 unspecified atom stereocenters. The summed E-state index contributed by atoms with van der Waals surface area (Å²) in [6.45, 7) is 9.30. The summed E-state index contributed by atoms with van der Waals surface area (Å²) in [4.78, 5) is 4.68. The van der Waals surface area contributed by atoms with Gasteiger partial charge in [0.25, 0.3) is 0 Å². The minimum atomic E-state index is 0.582. The van der Waals surface area contributed by atoms with Gasteiger partial charge >= 0.3 is 0 Å². The van der Waals surface area contributed by atoms with E-state index in [1.54, 1.807) is 7.11 Å². The molecule has 0 heterocycles. The van der Waals surface area contributed by atoms with Crippen molar-refractivity contribution >= 4 is 11.6 Å². The SMILES string of the molecule is CCNC(=NCc1ccc(COCC)cc1)Nc1ccc(OCC)c(OC)c1. The second kappa shape index (κ2) is 11.9. The Hall–Kier alpha value is -2.73. The topological polar surface area (TPSA) is 64.1 Å². The van der Waals surface area contributed by atoms with E-state index in [1.165, 1.54) is 5.56 Å². The van der Waals surface area contributed by atoms with Crippen LogP contribution in [0.25, 0.3) is 0 Å². The summed E-state index contributed by atoms with van der Waals surface area (Å²) < 4.78 is 16.4. The lowest BCUT2D eigenvalue weighted by Crippen LogP contribution is -2.30. The molecule has 0 radical (unpaired) electrons. The van der Waals surface area contributed by atoms with Gasteiger partial charge in [-0.1, -0.05) is 24.3 Å². The van der Waals surface area contributed by atoms with Gasteiger partial charge in [0.15, 0.2) is 17.5 Å². The number of rotatable bonds is 10. The Morgan fingerprint density at radius 3 is 2.32 bits per heavy atom. The minimum Gasteiger partial charge on any atom is -0.493 e. The van der Waals surface area contributed by atoms with Crippen LogP contribution in [0.15, 0.2) is 47.5 Å². The van der Waals surface area contributed by atoms with Crippen LogP contribution in [-0.2, 0) is 17.9 Å². The van der Waals surface area contributed by atoms with Crippen molar-refractivity contribution in [1.82, 2.24) is 5.32 Å². The zero-order valence-electron chi connectivity index (χ0n) is 17.2. The van der Waals surface area contributed by atoms with E-state index in [4.69, 9.17) is 14.2 Å². The summed E-state index contributed by atoms with van der Waals surface area (Å²) in [5.41, 5.74) is 3.19. The molecule has 0 amide bonds. The second-order valence-electron chi connectivity index (χ2n) is 6.07. The van der Waals surface area contributed by atoms with Gasteiger partial charge in [0, 0.05) is 24.9 Å². The Bertz CT molecular complexity index is 745. The first-order valence-corrected chi connectivity index (χ1v) is 9.71. The molecule has 0 aliphatic heterocycles.